The lowest BCUT2D eigenvalue weighted by atomic mass is 10.0. The quantitative estimate of drug-likeness (QED) is 0.851. The SMILES string of the molecule is CC(C)NC(C)(CO)Cn1cc(C(F)(F)F)cn1. The van der Waals surface area contributed by atoms with Gasteiger partial charge in [-0.25, -0.2) is 0 Å². The van der Waals surface area contributed by atoms with E-state index in [1.807, 2.05) is 13.8 Å². The molecule has 0 saturated heterocycles. The number of aromatic nitrogens is 2. The van der Waals surface area contributed by atoms with Gasteiger partial charge in [-0.1, -0.05) is 13.8 Å². The highest BCUT2D eigenvalue weighted by atomic mass is 19.4. The Morgan fingerprint density at radius 2 is 2.06 bits per heavy atom. The molecule has 4 nitrogen and oxygen atoms in total. The molecule has 1 heterocycles. The van der Waals surface area contributed by atoms with Crippen molar-refractivity contribution in [3.63, 3.8) is 0 Å². The van der Waals surface area contributed by atoms with Gasteiger partial charge in [0.1, 0.15) is 0 Å². The minimum atomic E-state index is -4.39. The summed E-state index contributed by atoms with van der Waals surface area (Å²) in [5.41, 5.74) is -1.49. The number of aliphatic hydroxyl groups is 1. The van der Waals surface area contributed by atoms with Crippen molar-refractivity contribution < 1.29 is 18.3 Å². The van der Waals surface area contributed by atoms with Crippen LogP contribution < -0.4 is 5.32 Å². The van der Waals surface area contributed by atoms with E-state index in [1.54, 1.807) is 6.92 Å². The van der Waals surface area contributed by atoms with Gasteiger partial charge in [-0.15, -0.1) is 0 Å². The Kier molecular flexibility index (Phi) is 4.39. The molecule has 0 bridgehead atoms. The Bertz CT molecular complexity index is 389. The molecule has 0 aliphatic rings. The van der Waals surface area contributed by atoms with E-state index in [4.69, 9.17) is 0 Å². The first-order valence-electron chi connectivity index (χ1n) is 5.64. The number of rotatable bonds is 5. The highest BCUT2D eigenvalue weighted by molar-refractivity contribution is 5.08. The molecule has 104 valence electrons. The van der Waals surface area contributed by atoms with Gasteiger partial charge >= 0.3 is 6.18 Å². The van der Waals surface area contributed by atoms with Crippen LogP contribution >= 0.6 is 0 Å². The average molecular weight is 265 g/mol. The lowest BCUT2D eigenvalue weighted by Crippen LogP contribution is -2.52. The number of nitrogens with zero attached hydrogens (tertiary/aromatic N) is 2. The molecular weight excluding hydrogens is 247 g/mol. The van der Waals surface area contributed by atoms with Gasteiger partial charge in [0.25, 0.3) is 0 Å². The molecule has 0 aliphatic carbocycles. The smallest absolute Gasteiger partial charge is 0.394 e. The first-order valence-corrected chi connectivity index (χ1v) is 5.64. The van der Waals surface area contributed by atoms with E-state index >= 15 is 0 Å². The van der Waals surface area contributed by atoms with Gasteiger partial charge in [-0.2, -0.15) is 18.3 Å². The topological polar surface area (TPSA) is 50.1 Å². The molecule has 0 fully saturated rings. The van der Waals surface area contributed by atoms with Gasteiger partial charge in [0.05, 0.1) is 30.5 Å². The van der Waals surface area contributed by atoms with Crippen LogP contribution in [0.1, 0.15) is 26.3 Å². The van der Waals surface area contributed by atoms with Crippen LogP contribution in [0.5, 0.6) is 0 Å². The van der Waals surface area contributed by atoms with E-state index < -0.39 is 17.3 Å². The van der Waals surface area contributed by atoms with Crippen LogP contribution in [0.3, 0.4) is 0 Å². The van der Waals surface area contributed by atoms with Crippen LogP contribution in [0.4, 0.5) is 13.2 Å². The molecule has 7 heteroatoms. The van der Waals surface area contributed by atoms with E-state index in [2.05, 4.69) is 10.4 Å². The average Bonchev–Trinajstić information content (AvgIpc) is 2.64. The molecule has 0 amide bonds. The Morgan fingerprint density at radius 3 is 2.44 bits per heavy atom. The zero-order valence-electron chi connectivity index (χ0n) is 10.6. The number of hydrogen-bond acceptors (Lipinski definition) is 3. The largest absolute Gasteiger partial charge is 0.419 e. The lowest BCUT2D eigenvalue weighted by molar-refractivity contribution is -0.137. The predicted octanol–water partition coefficient (Wildman–Crippen LogP) is 1.65. The summed E-state index contributed by atoms with van der Waals surface area (Å²) >= 11 is 0. The second-order valence-electron chi connectivity index (χ2n) is 4.94. The van der Waals surface area contributed by atoms with Crippen molar-refractivity contribution in [2.45, 2.75) is 45.1 Å². The Labute approximate surface area is 104 Å². The third kappa shape index (κ3) is 3.99. The van der Waals surface area contributed by atoms with Crippen LogP contribution in [0.2, 0.25) is 0 Å². The summed E-state index contributed by atoms with van der Waals surface area (Å²) in [5.74, 6) is 0. The maximum absolute atomic E-state index is 12.4. The monoisotopic (exact) mass is 265 g/mol. The molecule has 1 atom stereocenters. The number of hydrogen-bond donors (Lipinski definition) is 2. The van der Waals surface area contributed by atoms with E-state index in [0.717, 1.165) is 12.4 Å². The highest BCUT2D eigenvalue weighted by Gasteiger charge is 2.33. The van der Waals surface area contributed by atoms with Crippen LogP contribution in [0.25, 0.3) is 0 Å². The number of aliphatic hydroxyl groups excluding tert-OH is 1. The van der Waals surface area contributed by atoms with Gasteiger partial charge in [0.2, 0.25) is 0 Å². The van der Waals surface area contributed by atoms with Crippen LogP contribution in [0.15, 0.2) is 12.4 Å². The number of nitrogens with one attached hydrogen (secondary N) is 1. The van der Waals surface area contributed by atoms with Crippen LogP contribution in [-0.2, 0) is 12.7 Å². The molecule has 0 aliphatic heterocycles. The first kappa shape index (κ1) is 15.0. The zero-order chi connectivity index (χ0) is 14.0. The van der Waals surface area contributed by atoms with Crippen molar-refractivity contribution in [2.24, 2.45) is 0 Å². The Balaban J connectivity index is 2.80. The van der Waals surface area contributed by atoms with Crippen LogP contribution in [0, 0.1) is 0 Å². The first-order chi connectivity index (χ1) is 8.16. The van der Waals surface area contributed by atoms with Crippen molar-refractivity contribution >= 4 is 0 Å². The Morgan fingerprint density at radius 1 is 1.44 bits per heavy atom. The molecule has 1 rings (SSSR count). The predicted molar refractivity (Wildman–Crippen MR) is 61.0 cm³/mol. The van der Waals surface area contributed by atoms with Crippen molar-refractivity contribution in [2.75, 3.05) is 6.61 Å². The second-order valence-corrected chi connectivity index (χ2v) is 4.94. The van der Waals surface area contributed by atoms with Gasteiger partial charge in [-0.05, 0) is 6.92 Å². The molecule has 0 radical (unpaired) electrons. The second kappa shape index (κ2) is 5.27. The maximum Gasteiger partial charge on any atom is 0.419 e. The fraction of sp³-hybridized carbons (Fsp3) is 0.727. The van der Waals surface area contributed by atoms with Gasteiger partial charge < -0.3 is 10.4 Å². The molecule has 0 saturated carbocycles. The van der Waals surface area contributed by atoms with Gasteiger partial charge in [-0.3, -0.25) is 4.68 Å². The van der Waals surface area contributed by atoms with Crippen LogP contribution in [-0.4, -0.2) is 33.1 Å². The lowest BCUT2D eigenvalue weighted by Gasteiger charge is -2.31. The molecule has 1 unspecified atom stereocenters. The fourth-order valence-corrected chi connectivity index (χ4v) is 1.79. The highest BCUT2D eigenvalue weighted by Crippen LogP contribution is 2.28. The van der Waals surface area contributed by atoms with Crippen molar-refractivity contribution in [1.29, 1.82) is 0 Å². The van der Waals surface area contributed by atoms with E-state index in [-0.39, 0.29) is 19.2 Å². The summed E-state index contributed by atoms with van der Waals surface area (Å²) < 4.78 is 38.4. The molecule has 18 heavy (non-hydrogen) atoms. The third-order valence-corrected chi connectivity index (χ3v) is 2.46. The van der Waals surface area contributed by atoms with E-state index in [9.17, 15) is 18.3 Å². The molecule has 1 aromatic rings. The molecule has 1 aromatic heterocycles. The van der Waals surface area contributed by atoms with E-state index in [0.29, 0.717) is 0 Å². The number of alkyl halides is 3. The van der Waals surface area contributed by atoms with Gasteiger partial charge in [0.15, 0.2) is 0 Å². The molecule has 2 N–H and O–H groups in total. The van der Waals surface area contributed by atoms with Gasteiger partial charge in [0, 0.05) is 12.2 Å². The van der Waals surface area contributed by atoms with Crippen molar-refractivity contribution in [3.8, 4) is 0 Å². The summed E-state index contributed by atoms with van der Waals surface area (Å²) in [6, 6.07) is 0.111. The normalized spacial score (nSPS) is 16.0. The molecule has 0 spiro atoms. The Hall–Kier alpha value is -1.08. The zero-order valence-corrected chi connectivity index (χ0v) is 10.6. The molecular formula is C11H18F3N3O. The van der Waals surface area contributed by atoms with Crippen molar-refractivity contribution in [1.82, 2.24) is 15.1 Å². The summed E-state index contributed by atoms with van der Waals surface area (Å²) in [6.45, 7) is 5.52. The third-order valence-electron chi connectivity index (χ3n) is 2.46. The summed E-state index contributed by atoms with van der Waals surface area (Å²) in [6.07, 6.45) is -2.66. The summed E-state index contributed by atoms with van der Waals surface area (Å²) in [4.78, 5) is 0. The standard InChI is InChI=1S/C11H18F3N3O/c1-8(2)16-10(3,7-18)6-17-5-9(4-15-17)11(12,13)14/h4-5,8,16,18H,6-7H2,1-3H3. The maximum atomic E-state index is 12.4. The fourth-order valence-electron chi connectivity index (χ4n) is 1.79. The summed E-state index contributed by atoms with van der Waals surface area (Å²) in [7, 11) is 0. The molecule has 0 aromatic carbocycles. The number of halogens is 3. The minimum Gasteiger partial charge on any atom is -0.394 e. The minimum absolute atomic E-state index is 0.111. The summed E-state index contributed by atoms with van der Waals surface area (Å²) in [5, 5.41) is 16.1. The van der Waals surface area contributed by atoms with E-state index in [1.165, 1.54) is 4.68 Å². The van der Waals surface area contributed by atoms with Crippen molar-refractivity contribution in [3.05, 3.63) is 18.0 Å².